The highest BCUT2D eigenvalue weighted by Crippen LogP contribution is 2.33. The molecular formula is C25H23F3N8O8S2. The van der Waals surface area contributed by atoms with Crippen LogP contribution in [0.1, 0.15) is 16.8 Å². The molecule has 6 rings (SSSR count). The Morgan fingerprint density at radius 2 is 1.26 bits per heavy atom. The number of rotatable bonds is 6. The van der Waals surface area contributed by atoms with Gasteiger partial charge in [0.2, 0.25) is 0 Å². The van der Waals surface area contributed by atoms with Crippen molar-refractivity contribution in [1.29, 1.82) is 0 Å². The van der Waals surface area contributed by atoms with Gasteiger partial charge in [-0.2, -0.15) is 40.2 Å². The van der Waals surface area contributed by atoms with Gasteiger partial charge in [0.1, 0.15) is 24.6 Å². The fourth-order valence-electron chi connectivity index (χ4n) is 4.45. The lowest BCUT2D eigenvalue weighted by molar-refractivity contribution is -0.141. The molecule has 0 unspecified atom stereocenters. The molecule has 4 aromatic rings. The first-order valence-electron chi connectivity index (χ1n) is 12.9. The molecule has 0 radical (unpaired) electrons. The Bertz CT molecular complexity index is 2020. The van der Waals surface area contributed by atoms with Crippen molar-refractivity contribution >= 4 is 43.6 Å². The Kier molecular flexibility index (Phi) is 8.30. The largest absolute Gasteiger partial charge is 0.506 e. The first kappa shape index (κ1) is 32.1. The molecular weight excluding hydrogens is 661 g/mol. The second-order valence-corrected chi connectivity index (χ2v) is 13.0. The van der Waals surface area contributed by atoms with Crippen LogP contribution in [0.15, 0.2) is 67.1 Å². The number of halogens is 3. The Morgan fingerprint density at radius 1 is 0.761 bits per heavy atom. The number of phenols is 2. The fourth-order valence-corrected chi connectivity index (χ4v) is 6.77. The summed E-state index contributed by atoms with van der Waals surface area (Å²) in [7, 11) is -7.98. The van der Waals surface area contributed by atoms with Gasteiger partial charge in [-0.15, -0.1) is 0 Å². The second-order valence-electron chi connectivity index (χ2n) is 9.82. The van der Waals surface area contributed by atoms with E-state index in [1.165, 1.54) is 30.3 Å². The number of aromatic hydroxyl groups is 2. The molecule has 4 N–H and O–H groups in total. The first-order valence-corrected chi connectivity index (χ1v) is 15.8. The van der Waals surface area contributed by atoms with E-state index in [4.69, 9.17) is 0 Å². The van der Waals surface area contributed by atoms with E-state index in [0.29, 0.717) is 16.4 Å². The molecule has 4 heterocycles. The number of alkyl halides is 3. The topological polar surface area (TPSA) is 209 Å². The van der Waals surface area contributed by atoms with Crippen molar-refractivity contribution in [3.8, 4) is 11.5 Å². The molecule has 46 heavy (non-hydrogen) atoms. The molecule has 0 spiro atoms. The number of nitrogens with one attached hydrogen (secondary N) is 2. The summed E-state index contributed by atoms with van der Waals surface area (Å²) in [6.45, 7) is -0.420. The molecule has 2 aliphatic rings. The number of benzene rings is 2. The highest BCUT2D eigenvalue weighted by molar-refractivity contribution is 7.92. The molecule has 0 saturated carbocycles. The van der Waals surface area contributed by atoms with Crippen LogP contribution in [-0.4, -0.2) is 71.5 Å². The van der Waals surface area contributed by atoms with Crippen LogP contribution in [0.5, 0.6) is 11.5 Å². The summed E-state index contributed by atoms with van der Waals surface area (Å²) in [5.41, 5.74) is 0.0713. The molecule has 2 aliphatic heterocycles. The third-order valence-corrected chi connectivity index (χ3v) is 9.22. The lowest BCUT2D eigenvalue weighted by Crippen LogP contribution is -2.29. The molecule has 2 amide bonds. The maximum atomic E-state index is 12.5. The van der Waals surface area contributed by atoms with Crippen LogP contribution in [0.2, 0.25) is 0 Å². The van der Waals surface area contributed by atoms with E-state index >= 15 is 0 Å². The summed E-state index contributed by atoms with van der Waals surface area (Å²) in [5, 5.41) is 27.5. The number of hydrogen-bond donors (Lipinski definition) is 4. The monoisotopic (exact) mass is 684 g/mol. The van der Waals surface area contributed by atoms with E-state index in [2.05, 4.69) is 10.2 Å². The molecule has 2 saturated heterocycles. The summed E-state index contributed by atoms with van der Waals surface area (Å²) in [6, 6.07) is 11.1. The van der Waals surface area contributed by atoms with E-state index in [-0.39, 0.29) is 30.2 Å². The zero-order chi connectivity index (χ0) is 33.4. The summed E-state index contributed by atoms with van der Waals surface area (Å²) in [4.78, 5) is 22.4. The van der Waals surface area contributed by atoms with E-state index in [0.717, 1.165) is 26.8 Å². The van der Waals surface area contributed by atoms with Crippen molar-refractivity contribution in [2.45, 2.75) is 19.3 Å². The molecule has 21 heteroatoms. The van der Waals surface area contributed by atoms with Gasteiger partial charge in [0.05, 0.1) is 24.5 Å². The standard InChI is InChI=1S/C13H11F3N4O4S.C12H12N4O4S/c14-13(15,16)11-3-4-19(17-11)6-8-1-2-9(10(21)5-8)20-7-12(22)18-25(20,23)24;17-11-6-9(7-15-5-1-4-13-15)2-3-10(11)16-8-12(18)14-21(16,19)20/h1-5,21H,6-7H2,(H,18,22);1-6,17H,7-8H2,(H,14,18). The number of amides is 2. The number of phenolic OH excluding ortho intramolecular Hbond substituents is 2. The third-order valence-electron chi connectivity index (χ3n) is 6.44. The molecule has 16 nitrogen and oxygen atoms in total. The van der Waals surface area contributed by atoms with Crippen molar-refractivity contribution in [2.24, 2.45) is 0 Å². The third kappa shape index (κ3) is 6.99. The summed E-state index contributed by atoms with van der Waals surface area (Å²) < 4.78 is 92.4. The van der Waals surface area contributed by atoms with Gasteiger partial charge in [-0.25, -0.2) is 18.1 Å². The zero-order valence-corrected chi connectivity index (χ0v) is 24.8. The zero-order valence-electron chi connectivity index (χ0n) is 23.2. The van der Waals surface area contributed by atoms with Gasteiger partial charge >= 0.3 is 26.6 Å². The lowest BCUT2D eigenvalue weighted by Gasteiger charge is -2.16. The normalized spacial score (nSPS) is 16.9. The summed E-state index contributed by atoms with van der Waals surface area (Å²) in [6.07, 6.45) is 0.00296. The lowest BCUT2D eigenvalue weighted by atomic mass is 10.2. The predicted molar refractivity (Wildman–Crippen MR) is 153 cm³/mol. The predicted octanol–water partition coefficient (Wildman–Crippen LogP) is 0.655. The number of carbonyl (C=O) groups is 2. The van der Waals surface area contributed by atoms with Gasteiger partial charge in [0.25, 0.3) is 11.8 Å². The number of hydrogen-bond acceptors (Lipinski definition) is 10. The Morgan fingerprint density at radius 3 is 1.63 bits per heavy atom. The fraction of sp³-hybridized carbons (Fsp3) is 0.200. The minimum atomic E-state index is -4.55. The SMILES string of the molecule is O=C1CN(c2ccc(Cn3ccc(C(F)(F)F)n3)cc2O)S(=O)(=O)N1.O=C1CN(c2ccc(Cn3cccn3)cc2O)S(=O)(=O)N1. The van der Waals surface area contributed by atoms with Crippen molar-refractivity contribution in [2.75, 3.05) is 21.7 Å². The highest BCUT2D eigenvalue weighted by Gasteiger charge is 2.37. The molecule has 2 fully saturated rings. The van der Waals surface area contributed by atoms with Crippen LogP contribution in [0.4, 0.5) is 24.5 Å². The van der Waals surface area contributed by atoms with Crippen molar-refractivity contribution in [3.63, 3.8) is 0 Å². The first-order chi connectivity index (χ1) is 21.5. The Hall–Kier alpha value is -5.31. The van der Waals surface area contributed by atoms with Gasteiger partial charge in [0.15, 0.2) is 5.69 Å². The maximum Gasteiger partial charge on any atom is 0.435 e. The van der Waals surface area contributed by atoms with E-state index in [1.54, 1.807) is 33.9 Å². The molecule has 0 atom stereocenters. The van der Waals surface area contributed by atoms with Crippen molar-refractivity contribution in [3.05, 3.63) is 83.9 Å². The quantitative estimate of drug-likeness (QED) is 0.223. The smallest absolute Gasteiger partial charge is 0.435 e. The molecule has 2 aromatic heterocycles. The average molecular weight is 685 g/mol. The highest BCUT2D eigenvalue weighted by atomic mass is 32.2. The van der Waals surface area contributed by atoms with Crippen LogP contribution in [0.25, 0.3) is 0 Å². The van der Waals surface area contributed by atoms with Gasteiger partial charge in [0, 0.05) is 18.6 Å². The summed E-state index contributed by atoms with van der Waals surface area (Å²) >= 11 is 0. The van der Waals surface area contributed by atoms with Crippen LogP contribution < -0.4 is 18.1 Å². The molecule has 0 aliphatic carbocycles. The number of aromatic nitrogens is 4. The van der Waals surface area contributed by atoms with Crippen LogP contribution >= 0.6 is 0 Å². The van der Waals surface area contributed by atoms with Gasteiger partial charge in [-0.05, 0) is 47.5 Å². The van der Waals surface area contributed by atoms with Crippen LogP contribution in [-0.2, 0) is 49.3 Å². The minimum Gasteiger partial charge on any atom is -0.506 e. The second kappa shape index (κ2) is 11.9. The van der Waals surface area contributed by atoms with Gasteiger partial charge < -0.3 is 10.2 Å². The van der Waals surface area contributed by atoms with E-state index < -0.39 is 56.4 Å². The van der Waals surface area contributed by atoms with Gasteiger partial charge in [-0.3, -0.25) is 19.0 Å². The number of anilines is 2. The summed E-state index contributed by atoms with van der Waals surface area (Å²) in [5.74, 6) is -2.00. The maximum absolute atomic E-state index is 12.5. The molecule has 2 aromatic carbocycles. The number of carbonyl (C=O) groups excluding carboxylic acids is 2. The molecule has 0 bridgehead atoms. The van der Waals surface area contributed by atoms with E-state index in [9.17, 15) is 49.8 Å². The van der Waals surface area contributed by atoms with E-state index in [1.807, 2.05) is 4.72 Å². The Labute approximate surface area is 258 Å². The van der Waals surface area contributed by atoms with Gasteiger partial charge in [-0.1, -0.05) is 12.1 Å². The van der Waals surface area contributed by atoms with Crippen molar-refractivity contribution in [1.82, 2.24) is 29.0 Å². The van der Waals surface area contributed by atoms with Crippen LogP contribution in [0.3, 0.4) is 0 Å². The van der Waals surface area contributed by atoms with Crippen LogP contribution in [0, 0.1) is 0 Å². The van der Waals surface area contributed by atoms with Crippen molar-refractivity contribution < 1.29 is 49.8 Å². The number of nitrogens with zero attached hydrogens (tertiary/aromatic N) is 6. The minimum absolute atomic E-state index is 0.0617. The average Bonchev–Trinajstić information content (AvgIpc) is 3.72. The Balaban J connectivity index is 0.000000184. The molecule has 244 valence electrons.